The number of hydrazine groups is 1. The minimum Gasteiger partial charge on any atom is -0.490 e. The van der Waals surface area contributed by atoms with Crippen LogP contribution in [0.1, 0.15) is 31.1 Å². The van der Waals surface area contributed by atoms with E-state index in [1.807, 2.05) is 20.8 Å². The molecule has 0 spiro atoms. The molecule has 2 aromatic rings. The zero-order valence-electron chi connectivity index (χ0n) is 17.4. The van der Waals surface area contributed by atoms with Gasteiger partial charge in [0, 0.05) is 16.7 Å². The van der Waals surface area contributed by atoms with Crippen LogP contribution in [0.15, 0.2) is 30.3 Å². The summed E-state index contributed by atoms with van der Waals surface area (Å²) in [5.41, 5.74) is 4.81. The molecule has 0 radical (unpaired) electrons. The summed E-state index contributed by atoms with van der Waals surface area (Å²) in [4.78, 5) is 24.6. The molecule has 0 aromatic heterocycles. The number of carbonyl (C=O) groups excluding carboxylic acids is 2. The lowest BCUT2D eigenvalue weighted by atomic mass is 10.1. The third-order valence-corrected chi connectivity index (χ3v) is 4.29. The molecule has 0 atom stereocenters. The van der Waals surface area contributed by atoms with Gasteiger partial charge in [0.15, 0.2) is 18.1 Å². The third kappa shape index (κ3) is 7.11. The normalized spacial score (nSPS) is 10.2. The average Bonchev–Trinajstić information content (AvgIpc) is 2.75. The van der Waals surface area contributed by atoms with E-state index in [9.17, 15) is 9.59 Å². The van der Waals surface area contributed by atoms with Crippen LogP contribution in [0.25, 0.3) is 0 Å². The topological polar surface area (TPSA) is 95.1 Å². The third-order valence-electron chi connectivity index (χ3n) is 3.74. The van der Waals surface area contributed by atoms with Crippen LogP contribution >= 0.6 is 23.2 Å². The average molecular weight is 471 g/mol. The van der Waals surface area contributed by atoms with Crippen LogP contribution in [0.2, 0.25) is 10.0 Å². The molecule has 10 heteroatoms. The summed E-state index contributed by atoms with van der Waals surface area (Å²) in [6, 6.07) is 7.67. The molecular formula is C21H24Cl2N2O6. The zero-order chi connectivity index (χ0) is 22.8. The van der Waals surface area contributed by atoms with E-state index in [1.165, 1.54) is 18.2 Å². The molecule has 2 rings (SSSR count). The predicted molar refractivity (Wildman–Crippen MR) is 118 cm³/mol. The van der Waals surface area contributed by atoms with E-state index in [-0.39, 0.29) is 17.9 Å². The number of carbonyl (C=O) groups is 2. The lowest BCUT2D eigenvalue weighted by Crippen LogP contribution is -2.43. The summed E-state index contributed by atoms with van der Waals surface area (Å²) in [5, 5.41) is 0.723. The van der Waals surface area contributed by atoms with Crippen molar-refractivity contribution in [1.82, 2.24) is 10.9 Å². The van der Waals surface area contributed by atoms with E-state index in [0.717, 1.165) is 0 Å². The lowest BCUT2D eigenvalue weighted by Gasteiger charge is -2.17. The van der Waals surface area contributed by atoms with E-state index < -0.39 is 11.8 Å². The number of ether oxygens (including phenoxy) is 4. The van der Waals surface area contributed by atoms with Gasteiger partial charge in [0.05, 0.1) is 24.8 Å². The minimum atomic E-state index is -0.592. The van der Waals surface area contributed by atoms with Crippen molar-refractivity contribution in [3.8, 4) is 23.0 Å². The molecule has 2 amide bonds. The quantitative estimate of drug-likeness (QED) is 0.509. The van der Waals surface area contributed by atoms with Crippen LogP contribution in [0, 0.1) is 0 Å². The fourth-order valence-electron chi connectivity index (χ4n) is 2.49. The Morgan fingerprint density at radius 3 is 2.00 bits per heavy atom. The summed E-state index contributed by atoms with van der Waals surface area (Å²) in [5.74, 6) is 0.240. The highest BCUT2D eigenvalue weighted by atomic mass is 35.5. The summed E-state index contributed by atoms with van der Waals surface area (Å²) < 4.78 is 22.1. The molecule has 2 aromatic carbocycles. The second-order valence-corrected chi connectivity index (χ2v) is 6.81. The maximum Gasteiger partial charge on any atom is 0.276 e. The lowest BCUT2D eigenvalue weighted by molar-refractivity contribution is -0.123. The number of hydrogen-bond donors (Lipinski definition) is 2. The SMILES string of the molecule is CCOc1cc(C(=O)NNC(=O)COc2cc(Cl)ccc2Cl)cc(OCC)c1OCC. The van der Waals surface area contributed by atoms with Gasteiger partial charge in [-0.3, -0.25) is 20.4 Å². The van der Waals surface area contributed by atoms with Crippen molar-refractivity contribution in [2.45, 2.75) is 20.8 Å². The van der Waals surface area contributed by atoms with Gasteiger partial charge < -0.3 is 18.9 Å². The first kappa shape index (κ1) is 24.4. The van der Waals surface area contributed by atoms with Crippen molar-refractivity contribution in [3.05, 3.63) is 45.9 Å². The standard InChI is InChI=1S/C21H24Cl2N2O6/c1-4-28-17-9-13(10-18(29-5-2)20(17)30-6-3)21(27)25-24-19(26)12-31-16-11-14(22)7-8-15(16)23/h7-11H,4-6,12H2,1-3H3,(H,24,26)(H,25,27). The Bertz CT molecular complexity index is 896. The Morgan fingerprint density at radius 1 is 0.806 bits per heavy atom. The van der Waals surface area contributed by atoms with Crippen LogP contribution in [0.5, 0.6) is 23.0 Å². The molecule has 0 aliphatic rings. The van der Waals surface area contributed by atoms with E-state index in [4.69, 9.17) is 42.1 Å². The van der Waals surface area contributed by atoms with Gasteiger partial charge in [0.1, 0.15) is 5.75 Å². The predicted octanol–water partition coefficient (Wildman–Crippen LogP) is 4.03. The number of rotatable bonds is 10. The molecular weight excluding hydrogens is 447 g/mol. The van der Waals surface area contributed by atoms with Crippen molar-refractivity contribution in [2.24, 2.45) is 0 Å². The Labute approximate surface area is 190 Å². The van der Waals surface area contributed by atoms with Gasteiger partial charge in [-0.2, -0.15) is 0 Å². The fraction of sp³-hybridized carbons (Fsp3) is 0.333. The fourth-order valence-corrected chi connectivity index (χ4v) is 2.82. The highest BCUT2D eigenvalue weighted by molar-refractivity contribution is 6.34. The first-order chi connectivity index (χ1) is 14.9. The van der Waals surface area contributed by atoms with E-state index in [2.05, 4.69) is 10.9 Å². The number of hydrogen-bond acceptors (Lipinski definition) is 6. The monoisotopic (exact) mass is 470 g/mol. The van der Waals surface area contributed by atoms with Gasteiger partial charge in [-0.15, -0.1) is 0 Å². The second kappa shape index (κ2) is 12.1. The van der Waals surface area contributed by atoms with Gasteiger partial charge in [-0.1, -0.05) is 23.2 Å². The minimum absolute atomic E-state index is 0.217. The first-order valence-electron chi connectivity index (χ1n) is 9.63. The van der Waals surface area contributed by atoms with Gasteiger partial charge in [0.2, 0.25) is 5.75 Å². The van der Waals surface area contributed by atoms with Crippen LogP contribution in [0.4, 0.5) is 0 Å². The number of amides is 2. The van der Waals surface area contributed by atoms with Crippen LogP contribution < -0.4 is 29.8 Å². The maximum absolute atomic E-state index is 12.5. The van der Waals surface area contributed by atoms with Crippen LogP contribution in [-0.4, -0.2) is 38.2 Å². The molecule has 0 aliphatic carbocycles. The van der Waals surface area contributed by atoms with Gasteiger partial charge in [-0.25, -0.2) is 0 Å². The largest absolute Gasteiger partial charge is 0.490 e. The molecule has 8 nitrogen and oxygen atoms in total. The summed E-state index contributed by atoms with van der Waals surface area (Å²) in [6.07, 6.45) is 0. The molecule has 0 saturated carbocycles. The molecule has 0 bridgehead atoms. The molecule has 0 unspecified atom stereocenters. The van der Waals surface area contributed by atoms with E-state index in [0.29, 0.717) is 47.1 Å². The number of halogens is 2. The Balaban J connectivity index is 2.04. The van der Waals surface area contributed by atoms with Crippen molar-refractivity contribution < 1.29 is 28.5 Å². The number of benzene rings is 2. The highest BCUT2D eigenvalue weighted by Crippen LogP contribution is 2.39. The number of nitrogens with one attached hydrogen (secondary N) is 2. The molecule has 0 saturated heterocycles. The molecule has 0 heterocycles. The second-order valence-electron chi connectivity index (χ2n) is 5.97. The summed E-state index contributed by atoms with van der Waals surface area (Å²) in [6.45, 7) is 6.23. The smallest absolute Gasteiger partial charge is 0.276 e. The Hall–Kier alpha value is -2.84. The Morgan fingerprint density at radius 2 is 1.42 bits per heavy atom. The summed E-state index contributed by atoms with van der Waals surface area (Å²) in [7, 11) is 0. The van der Waals surface area contributed by atoms with Gasteiger partial charge in [-0.05, 0) is 45.0 Å². The Kier molecular flexibility index (Phi) is 9.55. The zero-order valence-corrected chi connectivity index (χ0v) is 18.9. The van der Waals surface area contributed by atoms with Gasteiger partial charge >= 0.3 is 0 Å². The maximum atomic E-state index is 12.5. The van der Waals surface area contributed by atoms with Crippen molar-refractivity contribution >= 4 is 35.0 Å². The molecule has 0 aliphatic heterocycles. The highest BCUT2D eigenvalue weighted by Gasteiger charge is 2.19. The first-order valence-corrected chi connectivity index (χ1v) is 10.4. The van der Waals surface area contributed by atoms with E-state index in [1.54, 1.807) is 12.1 Å². The van der Waals surface area contributed by atoms with Crippen LogP contribution in [-0.2, 0) is 4.79 Å². The molecule has 168 valence electrons. The summed E-state index contributed by atoms with van der Waals surface area (Å²) >= 11 is 11.9. The molecule has 2 N–H and O–H groups in total. The van der Waals surface area contributed by atoms with E-state index >= 15 is 0 Å². The van der Waals surface area contributed by atoms with Gasteiger partial charge in [0.25, 0.3) is 11.8 Å². The van der Waals surface area contributed by atoms with Crippen LogP contribution in [0.3, 0.4) is 0 Å². The van der Waals surface area contributed by atoms with Crippen molar-refractivity contribution in [1.29, 1.82) is 0 Å². The van der Waals surface area contributed by atoms with Crippen molar-refractivity contribution in [2.75, 3.05) is 26.4 Å². The van der Waals surface area contributed by atoms with Crippen molar-refractivity contribution in [3.63, 3.8) is 0 Å². The molecule has 0 fully saturated rings. The molecule has 31 heavy (non-hydrogen) atoms.